The van der Waals surface area contributed by atoms with Gasteiger partial charge in [-0.15, -0.1) is 0 Å². The van der Waals surface area contributed by atoms with Crippen LogP contribution in [-0.4, -0.2) is 29.0 Å². The average molecular weight is 248 g/mol. The highest BCUT2D eigenvalue weighted by atomic mass is 19.1. The molecule has 0 unspecified atom stereocenters. The minimum absolute atomic E-state index is 0.00465. The Morgan fingerprint density at radius 2 is 2.17 bits per heavy atom. The molecule has 4 heteroatoms. The molecule has 0 aromatic heterocycles. The van der Waals surface area contributed by atoms with E-state index in [1.807, 2.05) is 24.9 Å². The van der Waals surface area contributed by atoms with Crippen LogP contribution in [0.1, 0.15) is 31.9 Å². The van der Waals surface area contributed by atoms with Crippen molar-refractivity contribution in [2.45, 2.75) is 26.3 Å². The molecule has 2 fully saturated rings. The van der Waals surface area contributed by atoms with Crippen molar-refractivity contribution >= 4 is 5.91 Å². The van der Waals surface area contributed by atoms with Crippen LogP contribution < -0.4 is 0 Å². The number of hydrazine groups is 1. The van der Waals surface area contributed by atoms with Crippen LogP contribution in [0.5, 0.6) is 0 Å². The molecule has 0 aliphatic carbocycles. The highest BCUT2D eigenvalue weighted by Gasteiger charge is 2.50. The third-order valence-electron chi connectivity index (χ3n) is 3.86. The molecular weight excluding hydrogens is 231 g/mol. The zero-order chi connectivity index (χ0) is 12.9. The monoisotopic (exact) mass is 248 g/mol. The Kier molecular flexibility index (Phi) is 2.45. The first-order chi connectivity index (χ1) is 8.49. The van der Waals surface area contributed by atoms with E-state index in [0.29, 0.717) is 0 Å². The number of benzene rings is 1. The quantitative estimate of drug-likeness (QED) is 0.761. The molecule has 96 valence electrons. The van der Waals surface area contributed by atoms with Gasteiger partial charge in [-0.3, -0.25) is 9.80 Å². The lowest BCUT2D eigenvalue weighted by Gasteiger charge is -2.26. The molecule has 0 spiro atoms. The van der Waals surface area contributed by atoms with Crippen LogP contribution in [0.4, 0.5) is 4.39 Å². The maximum Gasteiger partial charge on any atom is 0.244 e. The summed E-state index contributed by atoms with van der Waals surface area (Å²) < 4.78 is 13.3. The highest BCUT2D eigenvalue weighted by Crippen LogP contribution is 2.41. The van der Waals surface area contributed by atoms with Gasteiger partial charge in [-0.1, -0.05) is 12.1 Å². The second kappa shape index (κ2) is 3.79. The number of amides is 1. The van der Waals surface area contributed by atoms with Crippen molar-refractivity contribution in [3.63, 3.8) is 0 Å². The summed E-state index contributed by atoms with van der Waals surface area (Å²) in [7, 11) is 0. The van der Waals surface area contributed by atoms with Crippen LogP contribution in [0.3, 0.4) is 0 Å². The molecule has 0 radical (unpaired) electrons. The van der Waals surface area contributed by atoms with Crippen LogP contribution in [0.15, 0.2) is 24.3 Å². The first-order valence-corrected chi connectivity index (χ1v) is 6.33. The third kappa shape index (κ3) is 1.63. The maximum atomic E-state index is 13.3. The molecule has 18 heavy (non-hydrogen) atoms. The van der Waals surface area contributed by atoms with E-state index in [9.17, 15) is 9.18 Å². The van der Waals surface area contributed by atoms with Crippen LogP contribution in [-0.2, 0) is 4.79 Å². The summed E-state index contributed by atoms with van der Waals surface area (Å²) in [5, 5.41) is 3.92. The van der Waals surface area contributed by atoms with E-state index in [4.69, 9.17) is 0 Å². The van der Waals surface area contributed by atoms with Gasteiger partial charge in [-0.25, -0.2) is 9.40 Å². The van der Waals surface area contributed by atoms with E-state index in [1.165, 1.54) is 12.1 Å². The van der Waals surface area contributed by atoms with Crippen LogP contribution in [0.2, 0.25) is 0 Å². The fraction of sp³-hybridized carbons (Fsp3) is 0.500. The summed E-state index contributed by atoms with van der Waals surface area (Å²) in [4.78, 5) is 12.4. The predicted octanol–water partition coefficient (Wildman–Crippen LogP) is 2.36. The van der Waals surface area contributed by atoms with Crippen LogP contribution in [0, 0.1) is 11.2 Å². The fourth-order valence-corrected chi connectivity index (χ4v) is 2.98. The van der Waals surface area contributed by atoms with E-state index < -0.39 is 0 Å². The summed E-state index contributed by atoms with van der Waals surface area (Å²) >= 11 is 0. The normalized spacial score (nSPS) is 26.7. The van der Waals surface area contributed by atoms with Gasteiger partial charge >= 0.3 is 0 Å². The van der Waals surface area contributed by atoms with Crippen molar-refractivity contribution in [2.24, 2.45) is 5.41 Å². The second-order valence-corrected chi connectivity index (χ2v) is 5.78. The number of carbonyl (C=O) groups excluding carboxylic acids is 1. The van der Waals surface area contributed by atoms with E-state index in [1.54, 1.807) is 6.07 Å². The molecule has 3 nitrogen and oxygen atoms in total. The summed E-state index contributed by atoms with van der Waals surface area (Å²) in [6.45, 7) is 5.57. The molecule has 0 N–H and O–H groups in total. The maximum absolute atomic E-state index is 13.3. The number of hydrogen-bond acceptors (Lipinski definition) is 2. The zero-order valence-corrected chi connectivity index (χ0v) is 10.7. The number of fused-ring (bicyclic) bond motifs is 1. The van der Waals surface area contributed by atoms with Crippen molar-refractivity contribution in [1.29, 1.82) is 0 Å². The number of hydrogen-bond donors (Lipinski definition) is 0. The van der Waals surface area contributed by atoms with Gasteiger partial charge in [0.05, 0.1) is 11.5 Å². The Bertz CT molecular complexity index is 500. The lowest BCUT2D eigenvalue weighted by atomic mass is 9.92. The van der Waals surface area contributed by atoms with Crippen LogP contribution >= 0.6 is 0 Å². The van der Waals surface area contributed by atoms with Gasteiger partial charge in [-0.2, -0.15) is 0 Å². The SMILES string of the molecule is CC1(C)CN2CC[C@H](c3cccc(F)c3)N2C1=O. The fourth-order valence-electron chi connectivity index (χ4n) is 2.98. The zero-order valence-electron chi connectivity index (χ0n) is 10.7. The molecule has 2 aliphatic rings. The number of rotatable bonds is 1. The first-order valence-electron chi connectivity index (χ1n) is 6.33. The molecule has 1 amide bonds. The van der Waals surface area contributed by atoms with Gasteiger partial charge in [0, 0.05) is 13.1 Å². The lowest BCUT2D eigenvalue weighted by molar-refractivity contribution is -0.142. The summed E-state index contributed by atoms with van der Waals surface area (Å²) in [5.41, 5.74) is 0.565. The molecule has 0 bridgehead atoms. The Hall–Kier alpha value is -1.42. The van der Waals surface area contributed by atoms with E-state index in [-0.39, 0.29) is 23.2 Å². The Labute approximate surface area is 106 Å². The van der Waals surface area contributed by atoms with Gasteiger partial charge in [0.25, 0.3) is 0 Å². The van der Waals surface area contributed by atoms with Gasteiger partial charge in [0.1, 0.15) is 5.82 Å². The van der Waals surface area contributed by atoms with E-state index >= 15 is 0 Å². The second-order valence-electron chi connectivity index (χ2n) is 5.78. The van der Waals surface area contributed by atoms with Gasteiger partial charge in [-0.05, 0) is 38.0 Å². The first kappa shape index (κ1) is 11.7. The number of nitrogens with zero attached hydrogens (tertiary/aromatic N) is 2. The molecule has 2 saturated heterocycles. The average Bonchev–Trinajstić information content (AvgIpc) is 2.79. The Morgan fingerprint density at radius 3 is 2.89 bits per heavy atom. The lowest BCUT2D eigenvalue weighted by Crippen LogP contribution is -2.35. The molecule has 1 aromatic rings. The van der Waals surface area contributed by atoms with Crippen molar-refractivity contribution < 1.29 is 9.18 Å². The standard InChI is InChI=1S/C14H17FN2O/c1-14(2)9-16-7-6-12(17(16)13(14)18)10-4-3-5-11(15)8-10/h3-5,8,12H,6-7,9H2,1-2H3/t12-/m1/s1. The Balaban J connectivity index is 1.94. The smallest absolute Gasteiger partial charge is 0.244 e. The molecule has 1 aromatic carbocycles. The Morgan fingerprint density at radius 1 is 1.39 bits per heavy atom. The van der Waals surface area contributed by atoms with Crippen molar-refractivity contribution in [3.05, 3.63) is 35.6 Å². The highest BCUT2D eigenvalue weighted by molar-refractivity contribution is 5.84. The van der Waals surface area contributed by atoms with E-state index in [2.05, 4.69) is 5.01 Å². The molecule has 0 saturated carbocycles. The third-order valence-corrected chi connectivity index (χ3v) is 3.86. The minimum atomic E-state index is -0.327. The van der Waals surface area contributed by atoms with Gasteiger partial charge in [0.15, 0.2) is 0 Å². The van der Waals surface area contributed by atoms with Crippen molar-refractivity contribution in [3.8, 4) is 0 Å². The number of carbonyl (C=O) groups is 1. The summed E-state index contributed by atoms with van der Waals surface area (Å²) in [6, 6.07) is 6.57. The molecular formula is C14H17FN2O. The van der Waals surface area contributed by atoms with Gasteiger partial charge in [0.2, 0.25) is 5.91 Å². The summed E-state index contributed by atoms with van der Waals surface area (Å²) in [5.74, 6) is -0.0916. The largest absolute Gasteiger partial charge is 0.273 e. The van der Waals surface area contributed by atoms with Gasteiger partial charge < -0.3 is 0 Å². The predicted molar refractivity (Wildman–Crippen MR) is 66.0 cm³/mol. The number of halogens is 1. The molecule has 1 atom stereocenters. The van der Waals surface area contributed by atoms with Crippen LogP contribution in [0.25, 0.3) is 0 Å². The molecule has 3 rings (SSSR count). The minimum Gasteiger partial charge on any atom is -0.273 e. The summed E-state index contributed by atoms with van der Waals surface area (Å²) in [6.07, 6.45) is 0.880. The van der Waals surface area contributed by atoms with E-state index in [0.717, 1.165) is 25.1 Å². The van der Waals surface area contributed by atoms with Crippen molar-refractivity contribution in [2.75, 3.05) is 13.1 Å². The molecule has 2 aliphatic heterocycles. The molecule has 2 heterocycles. The topological polar surface area (TPSA) is 23.6 Å². The van der Waals surface area contributed by atoms with Crippen molar-refractivity contribution in [1.82, 2.24) is 10.0 Å².